The molecule has 0 amide bonds. The summed E-state index contributed by atoms with van der Waals surface area (Å²) >= 11 is 0. The van der Waals surface area contributed by atoms with Gasteiger partial charge in [0.1, 0.15) is 0 Å². The molecule has 34 heavy (non-hydrogen) atoms. The molecule has 7 nitrogen and oxygen atoms in total. The van der Waals surface area contributed by atoms with Gasteiger partial charge in [0.2, 0.25) is 5.78 Å². The molecule has 1 unspecified atom stereocenters. The standard InChI is InChI=1S/C26H29NO6S/c1-17-14-22(23(28)16-33-26(29)20-7-9-21(10-8-20)34(5)30)18(2)27(17)13-12-19-6-11-24(31-3)25(15-19)32-4/h6-11,14-15H,12-13,16H2,1-5H3. The third-order valence-corrected chi connectivity index (χ3v) is 6.64. The molecule has 0 radical (unpaired) electrons. The zero-order chi connectivity index (χ0) is 24.8. The summed E-state index contributed by atoms with van der Waals surface area (Å²) < 4.78 is 29.4. The second kappa shape index (κ2) is 11.2. The van der Waals surface area contributed by atoms with Crippen LogP contribution >= 0.6 is 0 Å². The summed E-state index contributed by atoms with van der Waals surface area (Å²) in [5.41, 5.74) is 3.71. The fourth-order valence-corrected chi connectivity index (χ4v) is 4.30. The van der Waals surface area contributed by atoms with Crippen LogP contribution in [0.5, 0.6) is 11.5 Å². The number of carbonyl (C=O) groups excluding carboxylic acids is 2. The number of hydrogen-bond acceptors (Lipinski definition) is 6. The average molecular weight is 484 g/mol. The lowest BCUT2D eigenvalue weighted by atomic mass is 10.1. The van der Waals surface area contributed by atoms with Gasteiger partial charge in [-0.2, -0.15) is 0 Å². The second-order valence-corrected chi connectivity index (χ2v) is 9.23. The molecule has 0 aliphatic carbocycles. The molecule has 8 heteroatoms. The van der Waals surface area contributed by atoms with Crippen molar-refractivity contribution in [2.75, 3.05) is 27.1 Å². The average Bonchev–Trinajstić information content (AvgIpc) is 3.13. The SMILES string of the molecule is COc1ccc(CCn2c(C)cc(C(=O)COC(=O)c3ccc(S(C)=O)cc3)c2C)cc1OC. The zero-order valence-electron chi connectivity index (χ0n) is 20.0. The van der Waals surface area contributed by atoms with Crippen LogP contribution in [0, 0.1) is 13.8 Å². The monoisotopic (exact) mass is 483 g/mol. The largest absolute Gasteiger partial charge is 0.493 e. The van der Waals surface area contributed by atoms with Crippen LogP contribution in [0.4, 0.5) is 0 Å². The number of aryl methyl sites for hydroxylation is 2. The van der Waals surface area contributed by atoms with Gasteiger partial charge in [-0.1, -0.05) is 6.07 Å². The number of hydrogen-bond donors (Lipinski definition) is 0. The van der Waals surface area contributed by atoms with Gasteiger partial charge in [0.25, 0.3) is 0 Å². The van der Waals surface area contributed by atoms with Gasteiger partial charge in [0.05, 0.1) is 19.8 Å². The maximum Gasteiger partial charge on any atom is 0.338 e. The number of methoxy groups -OCH3 is 2. The fourth-order valence-electron chi connectivity index (χ4n) is 3.78. The molecule has 180 valence electrons. The first-order chi connectivity index (χ1) is 16.2. The van der Waals surface area contributed by atoms with Crippen LogP contribution in [-0.2, 0) is 28.5 Å². The lowest BCUT2D eigenvalue weighted by Crippen LogP contribution is -2.15. The van der Waals surface area contributed by atoms with Crippen molar-refractivity contribution in [2.45, 2.75) is 31.7 Å². The summed E-state index contributed by atoms with van der Waals surface area (Å²) in [6.07, 6.45) is 2.31. The van der Waals surface area contributed by atoms with Crippen molar-refractivity contribution in [3.8, 4) is 11.5 Å². The maximum atomic E-state index is 12.8. The van der Waals surface area contributed by atoms with Gasteiger partial charge in [-0.05, 0) is 68.3 Å². The normalized spacial score (nSPS) is 11.7. The predicted molar refractivity (Wildman–Crippen MR) is 131 cm³/mol. The molecule has 0 aliphatic heterocycles. The highest BCUT2D eigenvalue weighted by atomic mass is 32.2. The van der Waals surface area contributed by atoms with Gasteiger partial charge in [0, 0.05) is 45.4 Å². The van der Waals surface area contributed by atoms with Gasteiger partial charge < -0.3 is 18.8 Å². The molecule has 0 saturated carbocycles. The predicted octanol–water partition coefficient (Wildman–Crippen LogP) is 4.14. The second-order valence-electron chi connectivity index (χ2n) is 7.85. The van der Waals surface area contributed by atoms with E-state index in [4.69, 9.17) is 14.2 Å². The highest BCUT2D eigenvalue weighted by Gasteiger charge is 2.18. The van der Waals surface area contributed by atoms with Gasteiger partial charge in [-0.25, -0.2) is 4.79 Å². The van der Waals surface area contributed by atoms with Crippen LogP contribution in [0.1, 0.15) is 37.7 Å². The summed E-state index contributed by atoms with van der Waals surface area (Å²) in [5.74, 6) is 0.503. The first-order valence-corrected chi connectivity index (χ1v) is 12.3. The Balaban J connectivity index is 1.64. The van der Waals surface area contributed by atoms with Crippen LogP contribution in [0.15, 0.2) is 53.4 Å². The number of benzene rings is 2. The van der Waals surface area contributed by atoms with Gasteiger partial charge in [0.15, 0.2) is 18.1 Å². The van der Waals surface area contributed by atoms with E-state index in [0.29, 0.717) is 34.1 Å². The van der Waals surface area contributed by atoms with Crippen molar-refractivity contribution >= 4 is 22.6 Å². The molecule has 0 saturated heterocycles. The minimum absolute atomic E-state index is 0.259. The topological polar surface area (TPSA) is 83.8 Å². The van der Waals surface area contributed by atoms with E-state index < -0.39 is 16.8 Å². The lowest BCUT2D eigenvalue weighted by molar-refractivity contribution is 0.0474. The Morgan fingerprint density at radius 2 is 1.62 bits per heavy atom. The molecule has 3 rings (SSSR count). The Labute approximate surface area is 202 Å². The number of nitrogens with zero attached hydrogens (tertiary/aromatic N) is 1. The molecule has 0 bridgehead atoms. The Morgan fingerprint density at radius 1 is 0.941 bits per heavy atom. The number of carbonyl (C=O) groups is 2. The van der Waals surface area contributed by atoms with E-state index >= 15 is 0 Å². The molecule has 2 aromatic carbocycles. The van der Waals surface area contributed by atoms with Crippen molar-refractivity contribution in [1.82, 2.24) is 4.57 Å². The van der Waals surface area contributed by atoms with E-state index in [9.17, 15) is 13.8 Å². The number of ether oxygens (including phenoxy) is 3. The van der Waals surface area contributed by atoms with Crippen molar-refractivity contribution in [3.63, 3.8) is 0 Å². The summed E-state index contributed by atoms with van der Waals surface area (Å²) in [7, 11) is 2.08. The summed E-state index contributed by atoms with van der Waals surface area (Å²) in [4.78, 5) is 25.7. The molecule has 3 aromatic rings. The zero-order valence-corrected chi connectivity index (χ0v) is 20.9. The molecular weight excluding hydrogens is 454 g/mol. The van der Waals surface area contributed by atoms with Gasteiger partial charge >= 0.3 is 5.97 Å². The van der Waals surface area contributed by atoms with Crippen LogP contribution in [0.25, 0.3) is 0 Å². The van der Waals surface area contributed by atoms with Gasteiger partial charge in [-0.15, -0.1) is 0 Å². The Kier molecular flexibility index (Phi) is 8.28. The van der Waals surface area contributed by atoms with Crippen LogP contribution in [0.3, 0.4) is 0 Å². The maximum absolute atomic E-state index is 12.8. The smallest absolute Gasteiger partial charge is 0.338 e. The summed E-state index contributed by atoms with van der Waals surface area (Å²) in [5, 5.41) is 0. The van der Waals surface area contributed by atoms with E-state index in [1.807, 2.05) is 38.1 Å². The van der Waals surface area contributed by atoms with Crippen LogP contribution < -0.4 is 9.47 Å². The van der Waals surface area contributed by atoms with E-state index in [-0.39, 0.29) is 12.4 Å². The molecule has 0 aliphatic rings. The third kappa shape index (κ3) is 5.75. The highest BCUT2D eigenvalue weighted by Crippen LogP contribution is 2.28. The lowest BCUT2D eigenvalue weighted by Gasteiger charge is -2.12. The minimum Gasteiger partial charge on any atom is -0.493 e. The molecule has 0 spiro atoms. The molecule has 1 heterocycles. The number of aromatic nitrogens is 1. The van der Waals surface area contributed by atoms with Gasteiger partial charge in [-0.3, -0.25) is 9.00 Å². The van der Waals surface area contributed by atoms with Crippen molar-refractivity contribution < 1.29 is 28.0 Å². The highest BCUT2D eigenvalue weighted by molar-refractivity contribution is 7.84. The molecule has 0 N–H and O–H groups in total. The van der Waals surface area contributed by atoms with Crippen LogP contribution in [0.2, 0.25) is 0 Å². The van der Waals surface area contributed by atoms with Crippen molar-refractivity contribution in [3.05, 3.63) is 76.6 Å². The summed E-state index contributed by atoms with van der Waals surface area (Å²) in [6.45, 7) is 4.18. The van der Waals surface area contributed by atoms with Crippen molar-refractivity contribution in [2.24, 2.45) is 0 Å². The number of esters is 1. The summed E-state index contributed by atoms with van der Waals surface area (Å²) in [6, 6.07) is 14.0. The number of rotatable bonds is 10. The minimum atomic E-state index is -1.13. The molecule has 1 aromatic heterocycles. The van der Waals surface area contributed by atoms with Crippen molar-refractivity contribution in [1.29, 1.82) is 0 Å². The fraction of sp³-hybridized carbons (Fsp3) is 0.308. The third-order valence-electron chi connectivity index (χ3n) is 5.70. The molecule has 1 atom stereocenters. The van der Waals surface area contributed by atoms with Crippen LogP contribution in [-0.4, -0.2) is 47.6 Å². The number of ketones is 1. The van der Waals surface area contributed by atoms with E-state index in [0.717, 1.165) is 23.4 Å². The van der Waals surface area contributed by atoms with E-state index in [1.165, 1.54) is 0 Å². The van der Waals surface area contributed by atoms with E-state index in [1.54, 1.807) is 44.7 Å². The molecular formula is C26H29NO6S. The first kappa shape index (κ1) is 25.2. The Hall–Kier alpha value is -3.39. The Morgan fingerprint density at radius 3 is 2.24 bits per heavy atom. The Bertz CT molecular complexity index is 1210. The quantitative estimate of drug-likeness (QED) is 0.318. The molecule has 0 fully saturated rings. The number of Topliss-reactive ketones (excluding diaryl/α,β-unsaturated/α-hetero) is 1. The van der Waals surface area contributed by atoms with E-state index in [2.05, 4.69) is 4.57 Å². The first-order valence-electron chi connectivity index (χ1n) is 10.8.